The lowest BCUT2D eigenvalue weighted by Crippen LogP contribution is -2.28. The Morgan fingerprint density at radius 2 is 1.89 bits per heavy atom. The average Bonchev–Trinajstić information content (AvgIpc) is 2.38. The largest absolute Gasteiger partial charge is 0.496 e. The Labute approximate surface area is 117 Å². The third kappa shape index (κ3) is 3.50. The molecule has 0 spiro atoms. The van der Waals surface area contributed by atoms with Crippen molar-refractivity contribution in [3.8, 4) is 5.75 Å². The molecule has 0 aromatic heterocycles. The van der Waals surface area contributed by atoms with Crippen molar-refractivity contribution in [2.45, 2.75) is 45.4 Å². The summed E-state index contributed by atoms with van der Waals surface area (Å²) in [6.45, 7) is 9.06. The van der Waals surface area contributed by atoms with Crippen LogP contribution in [-0.4, -0.2) is 20.2 Å². The summed E-state index contributed by atoms with van der Waals surface area (Å²) in [6, 6.07) is 6.61. The molecule has 0 unspecified atom stereocenters. The van der Waals surface area contributed by atoms with Gasteiger partial charge in [-0.2, -0.15) is 0 Å². The van der Waals surface area contributed by atoms with Gasteiger partial charge in [0, 0.05) is 0 Å². The molecule has 0 atom stereocenters. The molecule has 0 amide bonds. The van der Waals surface area contributed by atoms with Crippen molar-refractivity contribution < 1.29 is 4.74 Å². The van der Waals surface area contributed by atoms with Gasteiger partial charge in [0.05, 0.1) is 7.11 Å². The molecule has 2 heteroatoms. The highest BCUT2D eigenvalue weighted by molar-refractivity contribution is 5.45. The zero-order valence-corrected chi connectivity index (χ0v) is 12.8. The normalized spacial score (nSPS) is 17.5. The quantitative estimate of drug-likeness (QED) is 0.898. The van der Waals surface area contributed by atoms with Crippen LogP contribution in [0.15, 0.2) is 18.2 Å². The van der Waals surface area contributed by atoms with Gasteiger partial charge >= 0.3 is 0 Å². The smallest absolute Gasteiger partial charge is 0.125 e. The summed E-state index contributed by atoms with van der Waals surface area (Å²) in [5, 5.41) is 3.43. The highest BCUT2D eigenvalue weighted by Crippen LogP contribution is 2.35. The van der Waals surface area contributed by atoms with Crippen molar-refractivity contribution in [2.75, 3.05) is 20.2 Å². The fourth-order valence-corrected chi connectivity index (χ4v) is 2.97. The third-order valence-corrected chi connectivity index (χ3v) is 4.08. The lowest BCUT2D eigenvalue weighted by molar-refractivity contribution is 0.356. The Morgan fingerprint density at radius 3 is 2.47 bits per heavy atom. The summed E-state index contributed by atoms with van der Waals surface area (Å²) >= 11 is 0. The Bertz CT molecular complexity index is 414. The van der Waals surface area contributed by atoms with Crippen LogP contribution in [0.25, 0.3) is 0 Å². The molecule has 0 bridgehead atoms. The van der Waals surface area contributed by atoms with E-state index in [0.29, 0.717) is 0 Å². The van der Waals surface area contributed by atoms with Crippen LogP contribution < -0.4 is 10.1 Å². The summed E-state index contributed by atoms with van der Waals surface area (Å²) in [6.07, 6.45) is 3.71. The van der Waals surface area contributed by atoms with Crippen molar-refractivity contribution in [1.29, 1.82) is 0 Å². The predicted molar refractivity (Wildman–Crippen MR) is 81.0 cm³/mol. The molecule has 0 saturated carbocycles. The molecule has 1 heterocycles. The van der Waals surface area contributed by atoms with Crippen molar-refractivity contribution in [3.63, 3.8) is 0 Å². The highest BCUT2D eigenvalue weighted by atomic mass is 16.5. The molecular formula is C17H27NO. The second-order valence-corrected chi connectivity index (χ2v) is 6.65. The number of nitrogens with one attached hydrogen (secondary N) is 1. The highest BCUT2D eigenvalue weighted by Gasteiger charge is 2.22. The molecule has 2 nitrogen and oxygen atoms in total. The number of piperidine rings is 1. The van der Waals surface area contributed by atoms with Crippen molar-refractivity contribution in [1.82, 2.24) is 5.32 Å². The zero-order chi connectivity index (χ0) is 13.9. The molecular weight excluding hydrogens is 234 g/mol. The maximum Gasteiger partial charge on any atom is 0.125 e. The third-order valence-electron chi connectivity index (χ3n) is 4.08. The minimum atomic E-state index is 0.134. The molecule has 1 saturated heterocycles. The molecule has 1 aliphatic rings. The Balaban J connectivity index is 2.24. The van der Waals surface area contributed by atoms with E-state index in [1.54, 1.807) is 7.11 Å². The number of rotatable bonds is 3. The van der Waals surface area contributed by atoms with Gasteiger partial charge in [0.25, 0.3) is 0 Å². The van der Waals surface area contributed by atoms with Crippen LogP contribution in [0.2, 0.25) is 0 Å². The lowest BCUT2D eigenvalue weighted by atomic mass is 9.83. The molecule has 106 valence electrons. The first-order chi connectivity index (χ1) is 9.02. The number of benzene rings is 1. The van der Waals surface area contributed by atoms with E-state index in [1.807, 2.05) is 0 Å². The molecule has 1 fully saturated rings. The lowest BCUT2D eigenvalue weighted by Gasteiger charge is -2.27. The van der Waals surface area contributed by atoms with Gasteiger partial charge in [-0.15, -0.1) is 0 Å². The van der Waals surface area contributed by atoms with E-state index in [2.05, 4.69) is 44.3 Å². The van der Waals surface area contributed by atoms with Crippen LogP contribution in [-0.2, 0) is 11.8 Å². The van der Waals surface area contributed by atoms with E-state index < -0.39 is 0 Å². The van der Waals surface area contributed by atoms with E-state index in [-0.39, 0.29) is 5.41 Å². The van der Waals surface area contributed by atoms with Gasteiger partial charge < -0.3 is 10.1 Å². The summed E-state index contributed by atoms with van der Waals surface area (Å²) in [5.41, 5.74) is 2.83. The molecule has 2 rings (SSSR count). The second kappa shape index (κ2) is 5.96. The SMILES string of the molecule is COc1c(CC2CCNCC2)cccc1C(C)(C)C. The molecule has 1 aromatic carbocycles. The Kier molecular flexibility index (Phi) is 4.51. The molecule has 0 aliphatic carbocycles. The average molecular weight is 261 g/mol. The Hall–Kier alpha value is -1.02. The number of methoxy groups -OCH3 is 1. The summed E-state index contributed by atoms with van der Waals surface area (Å²) in [5.74, 6) is 1.90. The molecule has 1 aliphatic heterocycles. The zero-order valence-electron chi connectivity index (χ0n) is 12.8. The van der Waals surface area contributed by atoms with Crippen LogP contribution in [0.1, 0.15) is 44.7 Å². The van der Waals surface area contributed by atoms with E-state index >= 15 is 0 Å². The number of hydrogen-bond donors (Lipinski definition) is 1. The van der Waals surface area contributed by atoms with E-state index in [9.17, 15) is 0 Å². The van der Waals surface area contributed by atoms with Gasteiger partial charge in [-0.05, 0) is 54.8 Å². The number of hydrogen-bond acceptors (Lipinski definition) is 2. The van der Waals surface area contributed by atoms with Crippen molar-refractivity contribution in [3.05, 3.63) is 29.3 Å². The minimum absolute atomic E-state index is 0.134. The van der Waals surface area contributed by atoms with Crippen LogP contribution in [0, 0.1) is 5.92 Å². The predicted octanol–water partition coefficient (Wildman–Crippen LogP) is 3.53. The van der Waals surface area contributed by atoms with Crippen molar-refractivity contribution in [2.24, 2.45) is 5.92 Å². The fourth-order valence-electron chi connectivity index (χ4n) is 2.97. The van der Waals surface area contributed by atoms with E-state index in [0.717, 1.165) is 31.2 Å². The first-order valence-electron chi connectivity index (χ1n) is 7.39. The standard InChI is InChI=1S/C17H27NO/c1-17(2,3)15-7-5-6-14(16(15)19-4)12-13-8-10-18-11-9-13/h5-7,13,18H,8-12H2,1-4H3. The maximum absolute atomic E-state index is 5.73. The first-order valence-corrected chi connectivity index (χ1v) is 7.39. The maximum atomic E-state index is 5.73. The molecule has 19 heavy (non-hydrogen) atoms. The Morgan fingerprint density at radius 1 is 1.21 bits per heavy atom. The van der Waals surface area contributed by atoms with Gasteiger partial charge in [0.1, 0.15) is 5.75 Å². The van der Waals surface area contributed by atoms with Crippen molar-refractivity contribution >= 4 is 0 Å². The van der Waals surface area contributed by atoms with Crippen LogP contribution in [0.4, 0.5) is 0 Å². The van der Waals surface area contributed by atoms with Gasteiger partial charge in [-0.3, -0.25) is 0 Å². The number of para-hydroxylation sites is 1. The molecule has 1 aromatic rings. The van der Waals surface area contributed by atoms with E-state index in [4.69, 9.17) is 4.74 Å². The van der Waals surface area contributed by atoms with Gasteiger partial charge in [-0.1, -0.05) is 39.0 Å². The number of ether oxygens (including phenoxy) is 1. The van der Waals surface area contributed by atoms with Crippen LogP contribution in [0.3, 0.4) is 0 Å². The van der Waals surface area contributed by atoms with Gasteiger partial charge in [-0.25, -0.2) is 0 Å². The molecule has 0 radical (unpaired) electrons. The monoisotopic (exact) mass is 261 g/mol. The minimum Gasteiger partial charge on any atom is -0.496 e. The van der Waals surface area contributed by atoms with Crippen LogP contribution in [0.5, 0.6) is 5.75 Å². The van der Waals surface area contributed by atoms with E-state index in [1.165, 1.54) is 24.0 Å². The first kappa shape index (κ1) is 14.4. The second-order valence-electron chi connectivity index (χ2n) is 6.65. The fraction of sp³-hybridized carbons (Fsp3) is 0.647. The summed E-state index contributed by atoms with van der Waals surface area (Å²) in [4.78, 5) is 0. The van der Waals surface area contributed by atoms with Crippen LogP contribution >= 0.6 is 0 Å². The molecule has 1 N–H and O–H groups in total. The van der Waals surface area contributed by atoms with Gasteiger partial charge in [0.15, 0.2) is 0 Å². The topological polar surface area (TPSA) is 21.3 Å². The van der Waals surface area contributed by atoms with Gasteiger partial charge in [0.2, 0.25) is 0 Å². The summed E-state index contributed by atoms with van der Waals surface area (Å²) in [7, 11) is 1.80. The summed E-state index contributed by atoms with van der Waals surface area (Å²) < 4.78 is 5.73.